The highest BCUT2D eigenvalue weighted by atomic mass is 16.5. The van der Waals surface area contributed by atoms with Gasteiger partial charge < -0.3 is 14.5 Å². The molecule has 8 heteroatoms. The van der Waals surface area contributed by atoms with Gasteiger partial charge in [-0.3, -0.25) is 9.59 Å². The first-order valence-corrected chi connectivity index (χ1v) is 11.0. The zero-order chi connectivity index (χ0) is 21.6. The van der Waals surface area contributed by atoms with Crippen molar-refractivity contribution in [3.8, 4) is 11.5 Å². The maximum Gasteiger partial charge on any atom is 0.437 e. The Kier molecular flexibility index (Phi) is 4.95. The number of esters is 1. The van der Waals surface area contributed by atoms with Gasteiger partial charge in [0.05, 0.1) is 0 Å². The first-order chi connectivity index (χ1) is 14.9. The Morgan fingerprint density at radius 2 is 1.77 bits per heavy atom. The summed E-state index contributed by atoms with van der Waals surface area (Å²) in [6.45, 7) is 1.15. The Morgan fingerprint density at radius 1 is 1.16 bits per heavy atom. The lowest BCUT2D eigenvalue weighted by Gasteiger charge is -2.57. The normalized spacial score (nSPS) is 29.5. The molecule has 6 rings (SSSR count). The second kappa shape index (κ2) is 7.66. The van der Waals surface area contributed by atoms with Crippen LogP contribution in [-0.2, 0) is 20.9 Å². The van der Waals surface area contributed by atoms with Crippen molar-refractivity contribution < 1.29 is 18.7 Å². The summed E-state index contributed by atoms with van der Waals surface area (Å²) in [7, 11) is 0. The number of amides is 1. The Morgan fingerprint density at radius 3 is 2.39 bits per heavy atom. The van der Waals surface area contributed by atoms with Crippen molar-refractivity contribution in [3.05, 3.63) is 40.9 Å². The summed E-state index contributed by atoms with van der Waals surface area (Å²) >= 11 is 0. The summed E-state index contributed by atoms with van der Waals surface area (Å²) in [5.41, 5.74) is 0.496. The summed E-state index contributed by atoms with van der Waals surface area (Å²) in [6, 6.07) is 8.95. The zero-order valence-corrected chi connectivity index (χ0v) is 17.6. The van der Waals surface area contributed by atoms with Crippen LogP contribution in [0.4, 0.5) is 0 Å². The monoisotopic (exact) mass is 425 g/mol. The highest BCUT2D eigenvalue weighted by Crippen LogP contribution is 2.55. The Hall–Kier alpha value is -2.90. The molecule has 1 heterocycles. The van der Waals surface area contributed by atoms with E-state index in [4.69, 9.17) is 9.15 Å². The second-order valence-corrected chi connectivity index (χ2v) is 9.52. The predicted molar refractivity (Wildman–Crippen MR) is 111 cm³/mol. The lowest BCUT2D eigenvalue weighted by molar-refractivity contribution is -0.157. The van der Waals surface area contributed by atoms with Gasteiger partial charge in [0.1, 0.15) is 6.54 Å². The molecule has 0 unspecified atom stereocenters. The molecule has 0 aliphatic heterocycles. The maximum absolute atomic E-state index is 12.8. The lowest BCUT2D eigenvalue weighted by Crippen LogP contribution is -2.61. The summed E-state index contributed by atoms with van der Waals surface area (Å²) in [5.74, 6) is 0.537. The fourth-order valence-electron chi connectivity index (χ4n) is 6.14. The van der Waals surface area contributed by atoms with E-state index in [1.54, 1.807) is 31.2 Å². The van der Waals surface area contributed by atoms with Gasteiger partial charge in [-0.05, 0) is 75.3 Å². The van der Waals surface area contributed by atoms with Crippen molar-refractivity contribution >= 4 is 11.9 Å². The van der Waals surface area contributed by atoms with E-state index >= 15 is 0 Å². The molecule has 4 bridgehead atoms. The topological polar surface area (TPSA) is 103 Å². The van der Waals surface area contributed by atoms with Crippen molar-refractivity contribution in [1.29, 1.82) is 0 Å². The molecule has 1 N–H and O–H groups in total. The molecule has 1 aromatic heterocycles. The van der Waals surface area contributed by atoms with Crippen molar-refractivity contribution in [2.45, 2.75) is 63.6 Å². The molecule has 2 aromatic rings. The number of carbonyl (C=O) groups excluding carboxylic acids is 2. The van der Waals surface area contributed by atoms with Crippen LogP contribution < -0.4 is 11.1 Å². The fourth-order valence-corrected chi connectivity index (χ4v) is 6.14. The van der Waals surface area contributed by atoms with Crippen molar-refractivity contribution in [2.75, 3.05) is 0 Å². The molecule has 164 valence electrons. The number of nitrogens with zero attached hydrogens (tertiary/aromatic N) is 2. The largest absolute Gasteiger partial charge is 0.451 e. The van der Waals surface area contributed by atoms with E-state index in [9.17, 15) is 14.4 Å². The number of hydrogen-bond donors (Lipinski definition) is 1. The number of aromatic nitrogens is 2. The highest BCUT2D eigenvalue weighted by molar-refractivity contribution is 5.84. The van der Waals surface area contributed by atoms with Gasteiger partial charge in [-0.25, -0.2) is 4.79 Å². The average Bonchev–Trinajstić information content (AvgIpc) is 3.07. The van der Waals surface area contributed by atoms with Gasteiger partial charge in [0.25, 0.3) is 5.91 Å². The lowest BCUT2D eigenvalue weighted by atomic mass is 9.53. The molecule has 0 spiro atoms. The minimum Gasteiger partial charge on any atom is -0.451 e. The highest BCUT2D eigenvalue weighted by Gasteiger charge is 2.51. The Balaban J connectivity index is 1.19. The van der Waals surface area contributed by atoms with Crippen LogP contribution in [0.15, 0.2) is 39.5 Å². The fraction of sp³-hybridized carbons (Fsp3) is 0.565. The van der Waals surface area contributed by atoms with Gasteiger partial charge in [0.2, 0.25) is 5.89 Å². The van der Waals surface area contributed by atoms with Crippen LogP contribution >= 0.6 is 0 Å². The van der Waals surface area contributed by atoms with Crippen LogP contribution in [0.25, 0.3) is 11.5 Å². The molecular weight excluding hydrogens is 398 g/mol. The summed E-state index contributed by atoms with van der Waals surface area (Å²) in [4.78, 5) is 37.2. The number of carbonyl (C=O) groups is 2. The molecule has 4 fully saturated rings. The number of ether oxygens (including phenoxy) is 1. The van der Waals surface area contributed by atoms with Gasteiger partial charge in [0.15, 0.2) is 6.10 Å². The summed E-state index contributed by atoms with van der Waals surface area (Å²) < 4.78 is 11.3. The molecule has 8 nitrogen and oxygen atoms in total. The molecule has 4 aliphatic carbocycles. The van der Waals surface area contributed by atoms with Gasteiger partial charge in [-0.15, -0.1) is 5.10 Å². The quantitative estimate of drug-likeness (QED) is 0.714. The molecule has 1 atom stereocenters. The SMILES string of the molecule is C[C@H](OC(=O)Cn1nc(-c2ccccc2)oc1=O)C(=O)NC12CC3CC(CC(C3)C1)C2. The molecule has 1 aromatic carbocycles. The maximum atomic E-state index is 12.8. The Labute approximate surface area is 180 Å². The molecule has 0 radical (unpaired) electrons. The third-order valence-corrected chi connectivity index (χ3v) is 7.01. The minimum atomic E-state index is -0.934. The van der Waals surface area contributed by atoms with Gasteiger partial charge >= 0.3 is 11.7 Å². The first kappa shape index (κ1) is 20.0. The molecule has 0 saturated heterocycles. The number of hydrogen-bond acceptors (Lipinski definition) is 6. The molecule has 1 amide bonds. The van der Waals surface area contributed by atoms with Crippen molar-refractivity contribution in [1.82, 2.24) is 15.1 Å². The van der Waals surface area contributed by atoms with Gasteiger partial charge in [0, 0.05) is 11.1 Å². The standard InChI is InChI=1S/C23H27N3O5/c1-14(20(28)24-23-10-15-7-16(11-23)9-17(8-15)12-23)30-19(27)13-26-22(29)31-21(25-26)18-5-3-2-4-6-18/h2-6,14-17H,7-13H2,1H3,(H,24,28)/t14-,15?,16?,17?,23?/m0/s1. The second-order valence-electron chi connectivity index (χ2n) is 9.52. The van der Waals surface area contributed by atoms with E-state index in [0.29, 0.717) is 23.3 Å². The van der Waals surface area contributed by atoms with E-state index in [1.807, 2.05) is 6.07 Å². The average molecular weight is 425 g/mol. The van der Waals surface area contributed by atoms with Crippen LogP contribution in [0.1, 0.15) is 45.4 Å². The number of nitrogens with one attached hydrogen (secondary N) is 1. The molecule has 4 saturated carbocycles. The Bertz CT molecular complexity index is 1010. The number of benzene rings is 1. The van der Waals surface area contributed by atoms with Crippen LogP contribution in [0, 0.1) is 17.8 Å². The first-order valence-electron chi connectivity index (χ1n) is 11.0. The molecule has 4 aliphatic rings. The van der Waals surface area contributed by atoms with E-state index in [1.165, 1.54) is 19.3 Å². The van der Waals surface area contributed by atoms with Crippen molar-refractivity contribution in [3.63, 3.8) is 0 Å². The zero-order valence-electron chi connectivity index (χ0n) is 17.6. The summed E-state index contributed by atoms with van der Waals surface area (Å²) in [5, 5.41) is 7.27. The third kappa shape index (κ3) is 4.03. The minimum absolute atomic E-state index is 0.131. The smallest absolute Gasteiger partial charge is 0.437 e. The van der Waals surface area contributed by atoms with Gasteiger partial charge in [-0.2, -0.15) is 4.68 Å². The summed E-state index contributed by atoms with van der Waals surface area (Å²) in [6.07, 6.45) is 6.02. The van der Waals surface area contributed by atoms with Crippen LogP contribution in [0.5, 0.6) is 0 Å². The molecular formula is C23H27N3O5. The molecule has 31 heavy (non-hydrogen) atoms. The van der Waals surface area contributed by atoms with E-state index < -0.39 is 24.4 Å². The predicted octanol–water partition coefficient (Wildman–Crippen LogP) is 2.52. The third-order valence-electron chi connectivity index (χ3n) is 7.01. The van der Waals surface area contributed by atoms with E-state index in [-0.39, 0.29) is 17.3 Å². The van der Waals surface area contributed by atoms with Crippen LogP contribution in [0.2, 0.25) is 0 Å². The van der Waals surface area contributed by atoms with Crippen molar-refractivity contribution in [2.24, 2.45) is 17.8 Å². The van der Waals surface area contributed by atoms with Gasteiger partial charge in [-0.1, -0.05) is 18.2 Å². The van der Waals surface area contributed by atoms with Crippen LogP contribution in [-0.4, -0.2) is 33.3 Å². The van der Waals surface area contributed by atoms with E-state index in [0.717, 1.165) is 23.9 Å². The number of rotatable bonds is 6. The van der Waals surface area contributed by atoms with E-state index in [2.05, 4.69) is 10.4 Å². The van der Waals surface area contributed by atoms with Crippen LogP contribution in [0.3, 0.4) is 0 Å².